The van der Waals surface area contributed by atoms with Crippen molar-refractivity contribution >= 4 is 33.6 Å². The molecule has 11 heteroatoms. The number of thioether (sulfide) groups is 1. The predicted molar refractivity (Wildman–Crippen MR) is 111 cm³/mol. The van der Waals surface area contributed by atoms with Crippen molar-refractivity contribution in [3.8, 4) is 0 Å². The number of hydrazine groups is 1. The number of carbonyl (C=O) groups excluding carboxylic acids is 2. The summed E-state index contributed by atoms with van der Waals surface area (Å²) in [5.74, 6) is -2.76. The molecule has 2 amide bonds. The van der Waals surface area contributed by atoms with Gasteiger partial charge in [0.15, 0.2) is 0 Å². The molecule has 0 aliphatic carbocycles. The molecule has 0 saturated carbocycles. The number of nitrogens with zero attached hydrogens (tertiary/aromatic N) is 1. The first kappa shape index (κ1) is 23.2. The molecule has 166 valence electrons. The second-order valence-corrected chi connectivity index (χ2v) is 9.79. The van der Waals surface area contributed by atoms with Gasteiger partial charge in [0, 0.05) is 23.9 Å². The average molecular weight is 470 g/mol. The van der Waals surface area contributed by atoms with E-state index in [4.69, 9.17) is 0 Å². The summed E-state index contributed by atoms with van der Waals surface area (Å²) in [6.45, 7) is 0.123. The van der Waals surface area contributed by atoms with Gasteiger partial charge in [-0.1, -0.05) is 24.3 Å². The molecule has 3 rings (SSSR count). The van der Waals surface area contributed by atoms with Crippen molar-refractivity contribution in [2.45, 2.75) is 22.6 Å². The maximum atomic E-state index is 13.9. The summed E-state index contributed by atoms with van der Waals surface area (Å²) in [4.78, 5) is 24.1. The Morgan fingerprint density at radius 3 is 2.23 bits per heavy atom. The lowest BCUT2D eigenvalue weighted by molar-refractivity contribution is -0.131. The maximum Gasteiger partial charge on any atom is 0.248 e. The van der Waals surface area contributed by atoms with E-state index in [1.54, 1.807) is 18.2 Å². The van der Waals surface area contributed by atoms with Crippen LogP contribution in [0.15, 0.2) is 58.3 Å². The monoisotopic (exact) mass is 469 g/mol. The van der Waals surface area contributed by atoms with Gasteiger partial charge >= 0.3 is 0 Å². The minimum absolute atomic E-state index is 0.0613. The van der Waals surface area contributed by atoms with E-state index >= 15 is 0 Å². The third-order valence-corrected chi connectivity index (χ3v) is 7.78. The highest BCUT2D eigenvalue weighted by Crippen LogP contribution is 2.25. The summed E-state index contributed by atoms with van der Waals surface area (Å²) in [5.41, 5.74) is 4.60. The molecular formula is C20H21F2N3O4S2. The number of carbonyl (C=O) groups is 2. The van der Waals surface area contributed by atoms with E-state index in [9.17, 15) is 26.8 Å². The number of piperidine rings is 1. The van der Waals surface area contributed by atoms with Crippen LogP contribution in [-0.4, -0.2) is 43.4 Å². The Balaban J connectivity index is 1.45. The number of benzene rings is 2. The first-order valence-corrected chi connectivity index (χ1v) is 11.9. The molecule has 0 bridgehead atoms. The Bertz CT molecular complexity index is 1060. The molecule has 1 aliphatic rings. The third-order valence-electron chi connectivity index (χ3n) is 4.80. The van der Waals surface area contributed by atoms with Crippen LogP contribution in [0, 0.1) is 17.6 Å². The molecule has 0 spiro atoms. The van der Waals surface area contributed by atoms with Crippen LogP contribution in [0.25, 0.3) is 0 Å². The van der Waals surface area contributed by atoms with Crippen molar-refractivity contribution in [1.29, 1.82) is 0 Å². The zero-order valence-electron chi connectivity index (χ0n) is 16.4. The van der Waals surface area contributed by atoms with Crippen molar-refractivity contribution in [3.05, 3.63) is 60.2 Å². The van der Waals surface area contributed by atoms with Crippen molar-refractivity contribution < 1.29 is 26.8 Å². The molecule has 0 aromatic heterocycles. The molecule has 1 heterocycles. The van der Waals surface area contributed by atoms with Crippen LogP contribution in [0.5, 0.6) is 0 Å². The fourth-order valence-corrected chi connectivity index (χ4v) is 5.40. The van der Waals surface area contributed by atoms with Crippen LogP contribution in [0.1, 0.15) is 12.8 Å². The van der Waals surface area contributed by atoms with Crippen LogP contribution >= 0.6 is 11.8 Å². The summed E-state index contributed by atoms with van der Waals surface area (Å²) in [7, 11) is -3.98. The summed E-state index contributed by atoms with van der Waals surface area (Å²) < 4.78 is 53.8. The second-order valence-electron chi connectivity index (χ2n) is 6.87. The number of hydrogen-bond donors (Lipinski definition) is 2. The number of sulfonamides is 1. The highest BCUT2D eigenvalue weighted by Gasteiger charge is 2.33. The molecule has 2 aromatic carbocycles. The van der Waals surface area contributed by atoms with Crippen LogP contribution in [0.2, 0.25) is 0 Å². The number of rotatable bonds is 6. The van der Waals surface area contributed by atoms with Crippen LogP contribution in [0.3, 0.4) is 0 Å². The summed E-state index contributed by atoms with van der Waals surface area (Å²) in [5, 5.41) is 0. The van der Waals surface area contributed by atoms with Crippen LogP contribution < -0.4 is 10.9 Å². The molecule has 0 unspecified atom stereocenters. The number of nitrogens with one attached hydrogen (secondary N) is 2. The molecule has 1 fully saturated rings. The van der Waals surface area contributed by atoms with Gasteiger partial charge in [0.25, 0.3) is 0 Å². The molecular weight excluding hydrogens is 448 g/mol. The molecule has 31 heavy (non-hydrogen) atoms. The fourth-order valence-electron chi connectivity index (χ4n) is 3.13. The highest BCUT2D eigenvalue weighted by atomic mass is 32.2. The largest absolute Gasteiger partial charge is 0.273 e. The molecule has 1 saturated heterocycles. The van der Waals surface area contributed by atoms with Gasteiger partial charge in [-0.25, -0.2) is 17.2 Å². The molecule has 2 N–H and O–H groups in total. The lowest BCUT2D eigenvalue weighted by Gasteiger charge is -2.30. The lowest BCUT2D eigenvalue weighted by Crippen LogP contribution is -2.48. The summed E-state index contributed by atoms with van der Waals surface area (Å²) in [6.07, 6.45) is 0.471. The second kappa shape index (κ2) is 10.2. The topological polar surface area (TPSA) is 95.6 Å². The Hall–Kier alpha value is -2.50. The predicted octanol–water partition coefficient (Wildman–Crippen LogP) is 2.31. The minimum atomic E-state index is -3.98. The van der Waals surface area contributed by atoms with Gasteiger partial charge < -0.3 is 0 Å². The first-order chi connectivity index (χ1) is 14.8. The highest BCUT2D eigenvalue weighted by molar-refractivity contribution is 8.00. The number of amides is 2. The normalized spacial score (nSPS) is 15.4. The molecule has 7 nitrogen and oxygen atoms in total. The Kier molecular flexibility index (Phi) is 7.63. The fraction of sp³-hybridized carbons (Fsp3) is 0.300. The van der Waals surface area contributed by atoms with Gasteiger partial charge in [0.2, 0.25) is 21.8 Å². The van der Waals surface area contributed by atoms with E-state index in [0.29, 0.717) is 4.90 Å². The van der Waals surface area contributed by atoms with E-state index in [1.165, 1.54) is 24.3 Å². The third kappa shape index (κ3) is 5.81. The molecule has 0 atom stereocenters. The van der Waals surface area contributed by atoms with E-state index in [0.717, 1.165) is 22.1 Å². The van der Waals surface area contributed by atoms with Gasteiger partial charge in [-0.2, -0.15) is 4.31 Å². The smallest absolute Gasteiger partial charge is 0.248 e. The van der Waals surface area contributed by atoms with Gasteiger partial charge in [0.05, 0.1) is 5.75 Å². The van der Waals surface area contributed by atoms with Crippen molar-refractivity contribution in [2.75, 3.05) is 18.8 Å². The zero-order valence-corrected chi connectivity index (χ0v) is 18.0. The van der Waals surface area contributed by atoms with E-state index in [2.05, 4.69) is 10.9 Å². The summed E-state index contributed by atoms with van der Waals surface area (Å²) in [6, 6.07) is 11.2. The standard InChI is InChI=1S/C20H21F2N3O4S2/c21-15-5-1-3-7-17(15)30-13-19(26)23-24-20(27)14-9-11-25(12-10-14)31(28,29)18-8-4-2-6-16(18)22/h1-8,14H,9-13H2,(H,23,26)(H,24,27). The molecule has 2 aromatic rings. The minimum Gasteiger partial charge on any atom is -0.273 e. The van der Waals surface area contributed by atoms with E-state index in [-0.39, 0.29) is 31.7 Å². The van der Waals surface area contributed by atoms with Crippen LogP contribution in [-0.2, 0) is 19.6 Å². The van der Waals surface area contributed by atoms with Crippen molar-refractivity contribution in [3.63, 3.8) is 0 Å². The Labute approximate surface area is 183 Å². The summed E-state index contributed by atoms with van der Waals surface area (Å²) >= 11 is 1.00. The molecule has 0 radical (unpaired) electrons. The van der Waals surface area contributed by atoms with E-state index in [1.807, 2.05) is 0 Å². The van der Waals surface area contributed by atoms with Gasteiger partial charge in [-0.3, -0.25) is 20.4 Å². The van der Waals surface area contributed by atoms with Gasteiger partial charge in [0.1, 0.15) is 16.5 Å². The lowest BCUT2D eigenvalue weighted by atomic mass is 9.98. The number of hydrogen-bond acceptors (Lipinski definition) is 5. The number of halogens is 2. The SMILES string of the molecule is O=C(CSc1ccccc1F)NNC(=O)C1CCN(S(=O)(=O)c2ccccc2F)CC1. The quantitative estimate of drug-likeness (QED) is 0.500. The van der Waals surface area contributed by atoms with Gasteiger partial charge in [-0.15, -0.1) is 11.8 Å². The van der Waals surface area contributed by atoms with Crippen LogP contribution in [0.4, 0.5) is 8.78 Å². The molecule has 1 aliphatic heterocycles. The first-order valence-electron chi connectivity index (χ1n) is 9.49. The zero-order chi connectivity index (χ0) is 22.4. The Morgan fingerprint density at radius 1 is 0.968 bits per heavy atom. The van der Waals surface area contributed by atoms with Crippen molar-refractivity contribution in [1.82, 2.24) is 15.2 Å². The Morgan fingerprint density at radius 2 is 1.58 bits per heavy atom. The van der Waals surface area contributed by atoms with Gasteiger partial charge in [-0.05, 0) is 37.1 Å². The maximum absolute atomic E-state index is 13.9. The average Bonchev–Trinajstić information content (AvgIpc) is 2.77. The van der Waals surface area contributed by atoms with Crippen molar-refractivity contribution in [2.24, 2.45) is 5.92 Å². The van der Waals surface area contributed by atoms with E-state index < -0.39 is 44.3 Å².